The van der Waals surface area contributed by atoms with Crippen LogP contribution >= 0.6 is 0 Å². The molecule has 0 heterocycles. The van der Waals surface area contributed by atoms with Gasteiger partial charge in [-0.3, -0.25) is 14.0 Å². The molecule has 1 amide bonds. The number of nitrogens with zero attached hydrogens (tertiary/aromatic N) is 2. The van der Waals surface area contributed by atoms with Gasteiger partial charge in [0.15, 0.2) is 0 Å². The number of sulfonamides is 1. The second-order valence-electron chi connectivity index (χ2n) is 7.50. The molecule has 1 N–H and O–H groups in total. The highest BCUT2D eigenvalue weighted by atomic mass is 32.2. The van der Waals surface area contributed by atoms with E-state index in [1.807, 2.05) is 13.0 Å². The lowest BCUT2D eigenvalue weighted by molar-refractivity contribution is -0.117. The van der Waals surface area contributed by atoms with Crippen molar-refractivity contribution in [1.29, 1.82) is 0 Å². The number of halogens is 1. The largest absolute Gasteiger partial charge is 0.325 e. The predicted molar refractivity (Wildman–Crippen MR) is 125 cm³/mol. The van der Waals surface area contributed by atoms with E-state index in [4.69, 9.17) is 0 Å². The van der Waals surface area contributed by atoms with E-state index in [0.717, 1.165) is 0 Å². The third kappa shape index (κ3) is 5.33. The van der Waals surface area contributed by atoms with Crippen LogP contribution in [0.3, 0.4) is 0 Å². The van der Waals surface area contributed by atoms with Crippen LogP contribution in [0.4, 0.5) is 15.8 Å². The summed E-state index contributed by atoms with van der Waals surface area (Å²) in [6.45, 7) is 1.83. The Kier molecular flexibility index (Phi) is 7.27. The van der Waals surface area contributed by atoms with Crippen LogP contribution in [-0.2, 0) is 14.8 Å². The maximum atomic E-state index is 14.0. The number of hydrogen-bond donors (Lipinski definition) is 1. The van der Waals surface area contributed by atoms with Gasteiger partial charge >= 0.3 is 0 Å². The third-order valence-electron chi connectivity index (χ3n) is 5.31. The highest BCUT2D eigenvalue weighted by Gasteiger charge is 2.22. The number of carbonyl (C=O) groups is 1. The molecule has 32 heavy (non-hydrogen) atoms. The zero-order chi connectivity index (χ0) is 23.3. The van der Waals surface area contributed by atoms with Gasteiger partial charge in [0.1, 0.15) is 5.82 Å². The normalized spacial score (nSPS) is 12.4. The van der Waals surface area contributed by atoms with E-state index in [9.17, 15) is 17.6 Å². The molecule has 3 rings (SSSR count). The Hall–Kier alpha value is -3.23. The lowest BCUT2D eigenvalue weighted by atomic mass is 10.1. The van der Waals surface area contributed by atoms with Crippen LogP contribution in [0.2, 0.25) is 0 Å². The van der Waals surface area contributed by atoms with Gasteiger partial charge in [-0.2, -0.15) is 0 Å². The molecule has 0 radical (unpaired) electrons. The summed E-state index contributed by atoms with van der Waals surface area (Å²) in [5, 5.41) is 2.73. The van der Waals surface area contributed by atoms with Crippen molar-refractivity contribution in [3.63, 3.8) is 0 Å². The van der Waals surface area contributed by atoms with E-state index in [0.29, 0.717) is 16.9 Å². The lowest BCUT2D eigenvalue weighted by Gasteiger charge is -2.25. The van der Waals surface area contributed by atoms with E-state index in [1.54, 1.807) is 66.5 Å². The van der Waals surface area contributed by atoms with Crippen LogP contribution < -0.4 is 9.62 Å². The smallest absolute Gasteiger partial charge is 0.264 e. The van der Waals surface area contributed by atoms with Crippen molar-refractivity contribution in [2.45, 2.75) is 17.9 Å². The van der Waals surface area contributed by atoms with Crippen LogP contribution in [0.25, 0.3) is 0 Å². The SMILES string of the molecule is CC(c1ccccc1F)N(C)CC(=O)Nc1cccc(S(=O)(=O)N(C)c2ccccc2)c1. The fourth-order valence-electron chi connectivity index (χ4n) is 3.28. The van der Waals surface area contributed by atoms with Crippen molar-refractivity contribution in [1.82, 2.24) is 4.90 Å². The number of likely N-dealkylation sites (N-methyl/N-ethyl adjacent to an activating group) is 1. The summed E-state index contributed by atoms with van der Waals surface area (Å²) < 4.78 is 41.2. The van der Waals surface area contributed by atoms with Gasteiger partial charge in [0, 0.05) is 24.3 Å². The number of amides is 1. The summed E-state index contributed by atoms with van der Waals surface area (Å²) in [6, 6.07) is 21.0. The summed E-state index contributed by atoms with van der Waals surface area (Å²) in [5.74, 6) is -0.658. The number of nitrogens with one attached hydrogen (secondary N) is 1. The van der Waals surface area contributed by atoms with Crippen molar-refractivity contribution >= 4 is 27.3 Å². The molecule has 6 nitrogen and oxygen atoms in total. The first-order valence-corrected chi connectivity index (χ1v) is 11.5. The molecule has 0 aromatic heterocycles. The molecule has 0 saturated heterocycles. The second kappa shape index (κ2) is 9.93. The van der Waals surface area contributed by atoms with E-state index >= 15 is 0 Å². The number of carbonyl (C=O) groups excluding carboxylic acids is 1. The van der Waals surface area contributed by atoms with Crippen molar-refractivity contribution in [3.05, 3.63) is 90.2 Å². The highest BCUT2D eigenvalue weighted by Crippen LogP contribution is 2.24. The first kappa shape index (κ1) is 23.4. The quantitative estimate of drug-likeness (QED) is 0.550. The number of para-hydroxylation sites is 1. The van der Waals surface area contributed by atoms with Crippen LogP contribution in [0.5, 0.6) is 0 Å². The summed E-state index contributed by atoms with van der Waals surface area (Å²) in [4.78, 5) is 14.3. The van der Waals surface area contributed by atoms with Crippen LogP contribution in [0.15, 0.2) is 83.8 Å². The van der Waals surface area contributed by atoms with Gasteiger partial charge in [0.2, 0.25) is 5.91 Å². The number of hydrogen-bond acceptors (Lipinski definition) is 4. The molecule has 0 aliphatic rings. The molecule has 0 fully saturated rings. The molecular weight excluding hydrogens is 429 g/mol. The Labute approximate surface area is 188 Å². The Bertz CT molecular complexity index is 1190. The molecule has 0 spiro atoms. The van der Waals surface area contributed by atoms with E-state index < -0.39 is 10.0 Å². The number of anilines is 2. The van der Waals surface area contributed by atoms with Gasteiger partial charge in [0.25, 0.3) is 10.0 Å². The maximum Gasteiger partial charge on any atom is 0.264 e. The molecule has 0 saturated carbocycles. The van der Waals surface area contributed by atoms with Crippen molar-refractivity contribution in [2.75, 3.05) is 30.3 Å². The average Bonchev–Trinajstić information content (AvgIpc) is 2.79. The average molecular weight is 456 g/mol. The first-order chi connectivity index (χ1) is 15.2. The minimum absolute atomic E-state index is 0.0103. The zero-order valence-electron chi connectivity index (χ0n) is 18.2. The zero-order valence-corrected chi connectivity index (χ0v) is 19.0. The molecule has 168 valence electrons. The molecule has 0 bridgehead atoms. The maximum absolute atomic E-state index is 14.0. The fraction of sp³-hybridized carbons (Fsp3) is 0.208. The second-order valence-corrected chi connectivity index (χ2v) is 9.47. The molecule has 1 unspecified atom stereocenters. The molecule has 8 heteroatoms. The Morgan fingerprint density at radius 2 is 1.62 bits per heavy atom. The molecular formula is C24H26FN3O3S. The van der Waals surface area contributed by atoms with E-state index in [1.165, 1.54) is 29.6 Å². The Morgan fingerprint density at radius 1 is 0.969 bits per heavy atom. The van der Waals surface area contributed by atoms with Gasteiger partial charge in [-0.05, 0) is 50.4 Å². The van der Waals surface area contributed by atoms with Crippen molar-refractivity contribution in [2.24, 2.45) is 0 Å². The Balaban J connectivity index is 1.70. The van der Waals surface area contributed by atoms with Gasteiger partial charge in [-0.25, -0.2) is 12.8 Å². The van der Waals surface area contributed by atoms with E-state index in [-0.39, 0.29) is 29.2 Å². The van der Waals surface area contributed by atoms with Gasteiger partial charge in [-0.15, -0.1) is 0 Å². The Morgan fingerprint density at radius 3 is 2.31 bits per heavy atom. The minimum atomic E-state index is -3.80. The topological polar surface area (TPSA) is 69.7 Å². The number of rotatable bonds is 8. The monoisotopic (exact) mass is 455 g/mol. The summed E-state index contributed by atoms with van der Waals surface area (Å²) in [7, 11) is -0.588. The van der Waals surface area contributed by atoms with Gasteiger partial charge < -0.3 is 5.32 Å². The van der Waals surface area contributed by atoms with Crippen LogP contribution in [-0.4, -0.2) is 39.9 Å². The van der Waals surface area contributed by atoms with Gasteiger partial charge in [-0.1, -0.05) is 42.5 Å². The first-order valence-electron chi connectivity index (χ1n) is 10.1. The van der Waals surface area contributed by atoms with Gasteiger partial charge in [0.05, 0.1) is 17.1 Å². The lowest BCUT2D eigenvalue weighted by Crippen LogP contribution is -2.32. The van der Waals surface area contributed by atoms with Crippen molar-refractivity contribution in [3.8, 4) is 0 Å². The summed E-state index contributed by atoms with van der Waals surface area (Å²) in [6.07, 6.45) is 0. The molecule has 1 atom stereocenters. The fourth-order valence-corrected chi connectivity index (χ4v) is 4.53. The molecule has 3 aromatic carbocycles. The van der Waals surface area contributed by atoms with Crippen LogP contribution in [0, 0.1) is 5.82 Å². The highest BCUT2D eigenvalue weighted by molar-refractivity contribution is 7.92. The van der Waals surface area contributed by atoms with Crippen molar-refractivity contribution < 1.29 is 17.6 Å². The standard InChI is InChI=1S/C24H26FN3O3S/c1-18(22-14-7-8-15-23(22)25)27(2)17-24(29)26-19-10-9-13-21(16-19)32(30,31)28(3)20-11-5-4-6-12-20/h4-16,18H,17H2,1-3H3,(H,26,29). The number of benzene rings is 3. The molecule has 0 aliphatic carbocycles. The molecule has 0 aliphatic heterocycles. The summed E-state index contributed by atoms with van der Waals surface area (Å²) >= 11 is 0. The van der Waals surface area contributed by atoms with Crippen LogP contribution in [0.1, 0.15) is 18.5 Å². The molecule has 3 aromatic rings. The minimum Gasteiger partial charge on any atom is -0.325 e. The summed E-state index contributed by atoms with van der Waals surface area (Å²) in [5.41, 5.74) is 1.40. The third-order valence-corrected chi connectivity index (χ3v) is 7.09. The predicted octanol–water partition coefficient (Wildman–Crippen LogP) is 4.28. The van der Waals surface area contributed by atoms with E-state index in [2.05, 4.69) is 5.32 Å².